The summed E-state index contributed by atoms with van der Waals surface area (Å²) in [7, 11) is 0. The molecule has 0 spiro atoms. The van der Waals surface area contributed by atoms with Gasteiger partial charge in [-0.2, -0.15) is 0 Å². The van der Waals surface area contributed by atoms with Crippen LogP contribution >= 0.6 is 0 Å². The maximum Gasteiger partial charge on any atom is 0.122 e. The van der Waals surface area contributed by atoms with E-state index in [0.29, 0.717) is 0 Å². The Labute approximate surface area is 83.9 Å². The van der Waals surface area contributed by atoms with E-state index in [9.17, 15) is 0 Å². The van der Waals surface area contributed by atoms with E-state index in [-0.39, 0.29) is 0 Å². The summed E-state index contributed by atoms with van der Waals surface area (Å²) in [4.78, 5) is 6.89. The van der Waals surface area contributed by atoms with Crippen molar-refractivity contribution in [1.82, 2.24) is 19.8 Å². The van der Waals surface area contributed by atoms with Crippen molar-refractivity contribution in [2.24, 2.45) is 5.92 Å². The van der Waals surface area contributed by atoms with Crippen molar-refractivity contribution in [3.05, 3.63) is 18.2 Å². The van der Waals surface area contributed by atoms with Gasteiger partial charge in [0.2, 0.25) is 0 Å². The van der Waals surface area contributed by atoms with Crippen LogP contribution in [0.4, 0.5) is 0 Å². The van der Waals surface area contributed by atoms with E-state index in [1.54, 1.807) is 0 Å². The number of rotatable bonds is 2. The highest BCUT2D eigenvalue weighted by Gasteiger charge is 2.23. The fourth-order valence-electron chi connectivity index (χ4n) is 2.22. The minimum atomic E-state index is 0.872. The van der Waals surface area contributed by atoms with Gasteiger partial charge < -0.3 is 9.88 Å². The maximum absolute atomic E-state index is 4.36. The molecule has 0 saturated carbocycles. The van der Waals surface area contributed by atoms with Crippen LogP contribution in [-0.4, -0.2) is 40.6 Å². The zero-order valence-electron chi connectivity index (χ0n) is 8.32. The third-order valence-electron chi connectivity index (χ3n) is 3.21. The molecule has 1 fully saturated rings. The second-order valence-corrected chi connectivity index (χ2v) is 4.30. The van der Waals surface area contributed by atoms with Gasteiger partial charge in [0.05, 0.1) is 6.54 Å². The van der Waals surface area contributed by atoms with Crippen molar-refractivity contribution < 1.29 is 0 Å². The molecular weight excluding hydrogens is 176 g/mol. The summed E-state index contributed by atoms with van der Waals surface area (Å²) in [5, 5.41) is 3.32. The molecule has 76 valence electrons. The van der Waals surface area contributed by atoms with Gasteiger partial charge in [-0.1, -0.05) is 0 Å². The second kappa shape index (κ2) is 3.37. The first kappa shape index (κ1) is 8.44. The number of fused-ring (bicyclic) bond motifs is 1. The quantitative estimate of drug-likeness (QED) is 0.711. The van der Waals surface area contributed by atoms with E-state index >= 15 is 0 Å². The third-order valence-corrected chi connectivity index (χ3v) is 3.21. The van der Waals surface area contributed by atoms with Crippen molar-refractivity contribution in [2.45, 2.75) is 13.1 Å². The average molecular weight is 192 g/mol. The molecule has 1 saturated heterocycles. The monoisotopic (exact) mass is 192 g/mol. The van der Waals surface area contributed by atoms with Gasteiger partial charge in [-0.25, -0.2) is 4.98 Å². The first-order chi connectivity index (χ1) is 6.92. The Bertz CT molecular complexity index is 316. The highest BCUT2D eigenvalue weighted by molar-refractivity contribution is 4.96. The summed E-state index contributed by atoms with van der Waals surface area (Å²) in [5.41, 5.74) is 0. The van der Waals surface area contributed by atoms with Gasteiger partial charge in [0.1, 0.15) is 5.82 Å². The first-order valence-electron chi connectivity index (χ1n) is 5.35. The summed E-state index contributed by atoms with van der Waals surface area (Å²) in [6.07, 6.45) is 3.99. The van der Waals surface area contributed by atoms with E-state index in [1.807, 2.05) is 6.20 Å². The van der Waals surface area contributed by atoms with Crippen LogP contribution in [0.25, 0.3) is 0 Å². The van der Waals surface area contributed by atoms with Crippen molar-refractivity contribution >= 4 is 0 Å². The predicted octanol–water partition coefficient (Wildman–Crippen LogP) is -0.0819. The fraction of sp³-hybridized carbons (Fsp3) is 0.700. The van der Waals surface area contributed by atoms with Crippen LogP contribution in [0, 0.1) is 5.92 Å². The van der Waals surface area contributed by atoms with Crippen molar-refractivity contribution in [3.63, 3.8) is 0 Å². The van der Waals surface area contributed by atoms with Gasteiger partial charge in [-0.15, -0.1) is 0 Å². The molecule has 1 N–H and O–H groups in total. The van der Waals surface area contributed by atoms with Crippen molar-refractivity contribution in [1.29, 1.82) is 0 Å². The van der Waals surface area contributed by atoms with Crippen molar-refractivity contribution in [2.75, 3.05) is 26.2 Å². The van der Waals surface area contributed by atoms with Crippen molar-refractivity contribution in [3.8, 4) is 0 Å². The lowest BCUT2D eigenvalue weighted by Crippen LogP contribution is -2.49. The number of nitrogens with zero attached hydrogens (tertiary/aromatic N) is 3. The van der Waals surface area contributed by atoms with Gasteiger partial charge in [0.25, 0.3) is 0 Å². The molecule has 3 heterocycles. The first-order valence-corrected chi connectivity index (χ1v) is 5.35. The lowest BCUT2D eigenvalue weighted by atomic mass is 10.0. The molecule has 0 radical (unpaired) electrons. The Hall–Kier alpha value is -0.870. The molecule has 0 atom stereocenters. The molecule has 4 heteroatoms. The summed E-state index contributed by atoms with van der Waals surface area (Å²) in [5.74, 6) is 2.10. The standard InChI is InChI=1S/C10H16N4/c1-2-14-4-3-13(8-10(14)12-1)7-9-5-11-6-9/h1-2,9,11H,3-8H2. The predicted molar refractivity (Wildman–Crippen MR) is 53.9 cm³/mol. The summed E-state index contributed by atoms with van der Waals surface area (Å²) in [6.45, 7) is 6.95. The molecule has 0 amide bonds. The minimum Gasteiger partial charge on any atom is -0.333 e. The van der Waals surface area contributed by atoms with Gasteiger partial charge in [0, 0.05) is 45.1 Å². The van der Waals surface area contributed by atoms with E-state index in [0.717, 1.165) is 19.0 Å². The summed E-state index contributed by atoms with van der Waals surface area (Å²) >= 11 is 0. The van der Waals surface area contributed by atoms with E-state index in [4.69, 9.17) is 0 Å². The second-order valence-electron chi connectivity index (χ2n) is 4.30. The van der Waals surface area contributed by atoms with Gasteiger partial charge in [-0.05, 0) is 5.92 Å². The third kappa shape index (κ3) is 1.44. The maximum atomic E-state index is 4.36. The SMILES string of the molecule is c1cn2c(n1)CN(CC1CNC1)CC2. The number of nitrogens with one attached hydrogen (secondary N) is 1. The lowest BCUT2D eigenvalue weighted by Gasteiger charge is -2.35. The van der Waals surface area contributed by atoms with Crippen LogP contribution < -0.4 is 5.32 Å². The van der Waals surface area contributed by atoms with Crippen LogP contribution in [0.5, 0.6) is 0 Å². The molecule has 2 aliphatic rings. The van der Waals surface area contributed by atoms with Crippen LogP contribution in [-0.2, 0) is 13.1 Å². The Morgan fingerprint density at radius 1 is 1.43 bits per heavy atom. The van der Waals surface area contributed by atoms with Gasteiger partial charge in [-0.3, -0.25) is 4.90 Å². The van der Waals surface area contributed by atoms with Crippen LogP contribution in [0.15, 0.2) is 12.4 Å². The molecule has 3 rings (SSSR count). The molecule has 1 aromatic rings. The molecule has 0 bridgehead atoms. The smallest absolute Gasteiger partial charge is 0.122 e. The Kier molecular flexibility index (Phi) is 2.03. The zero-order valence-corrected chi connectivity index (χ0v) is 8.32. The molecule has 0 unspecified atom stereocenters. The highest BCUT2D eigenvalue weighted by atomic mass is 15.2. The Morgan fingerprint density at radius 2 is 2.36 bits per heavy atom. The van der Waals surface area contributed by atoms with Gasteiger partial charge in [0.15, 0.2) is 0 Å². The van der Waals surface area contributed by atoms with Crippen LogP contribution in [0.3, 0.4) is 0 Å². The number of aromatic nitrogens is 2. The molecule has 4 nitrogen and oxygen atoms in total. The Morgan fingerprint density at radius 3 is 3.14 bits per heavy atom. The largest absolute Gasteiger partial charge is 0.333 e. The lowest BCUT2D eigenvalue weighted by molar-refractivity contribution is 0.159. The van der Waals surface area contributed by atoms with Crippen LogP contribution in [0.1, 0.15) is 5.82 Å². The molecule has 1 aromatic heterocycles. The number of imidazole rings is 1. The molecule has 14 heavy (non-hydrogen) atoms. The normalized spacial score (nSPS) is 23.1. The van der Waals surface area contributed by atoms with E-state index in [1.165, 1.54) is 32.0 Å². The molecule has 0 aromatic carbocycles. The van der Waals surface area contributed by atoms with E-state index in [2.05, 4.69) is 26.0 Å². The van der Waals surface area contributed by atoms with Crippen LogP contribution in [0.2, 0.25) is 0 Å². The van der Waals surface area contributed by atoms with Gasteiger partial charge >= 0.3 is 0 Å². The Balaban J connectivity index is 1.63. The topological polar surface area (TPSA) is 33.1 Å². The number of hydrogen-bond donors (Lipinski definition) is 1. The summed E-state index contributed by atoms with van der Waals surface area (Å²) < 4.78 is 2.26. The highest BCUT2D eigenvalue weighted by Crippen LogP contribution is 2.13. The molecule has 2 aliphatic heterocycles. The summed E-state index contributed by atoms with van der Waals surface area (Å²) in [6, 6.07) is 0. The minimum absolute atomic E-state index is 0.872. The fourth-order valence-corrected chi connectivity index (χ4v) is 2.22. The van der Waals surface area contributed by atoms with E-state index < -0.39 is 0 Å². The molecule has 0 aliphatic carbocycles. The average Bonchev–Trinajstić information content (AvgIpc) is 2.58. The zero-order chi connectivity index (χ0) is 9.38. The number of hydrogen-bond acceptors (Lipinski definition) is 3. The molecular formula is C10H16N4.